The summed E-state index contributed by atoms with van der Waals surface area (Å²) in [4.78, 5) is 11.6. The van der Waals surface area contributed by atoms with Crippen molar-refractivity contribution in [1.82, 2.24) is 0 Å². The molecule has 0 bridgehead atoms. The molecule has 0 N–H and O–H groups in total. The topological polar surface area (TPSA) is 26.3 Å². The van der Waals surface area contributed by atoms with Gasteiger partial charge in [0.05, 0.1) is 5.56 Å². The second kappa shape index (κ2) is 5.53. The first kappa shape index (κ1) is 13.7. The molecule has 2 rings (SSSR count). The molecule has 19 heavy (non-hydrogen) atoms. The predicted molar refractivity (Wildman–Crippen MR) is 75.4 cm³/mol. The Labute approximate surface area is 119 Å². The van der Waals surface area contributed by atoms with Crippen molar-refractivity contribution >= 4 is 21.7 Å². The van der Waals surface area contributed by atoms with E-state index in [1.54, 1.807) is 37.3 Å². The lowest BCUT2D eigenvalue weighted by Crippen LogP contribution is -1.97. The van der Waals surface area contributed by atoms with Gasteiger partial charge in [-0.25, -0.2) is 4.39 Å². The Hall–Kier alpha value is -1.68. The van der Waals surface area contributed by atoms with E-state index in [-0.39, 0.29) is 11.6 Å². The number of ether oxygens (including phenoxy) is 1. The number of aryl methyl sites for hydroxylation is 1. The Morgan fingerprint density at radius 3 is 2.58 bits per heavy atom. The maximum Gasteiger partial charge on any atom is 0.163 e. The summed E-state index contributed by atoms with van der Waals surface area (Å²) in [6, 6.07) is 9.75. The molecule has 0 amide bonds. The van der Waals surface area contributed by atoms with E-state index in [4.69, 9.17) is 4.74 Å². The van der Waals surface area contributed by atoms with Crippen molar-refractivity contribution < 1.29 is 13.9 Å². The molecule has 0 spiro atoms. The van der Waals surface area contributed by atoms with Gasteiger partial charge in [-0.15, -0.1) is 0 Å². The van der Waals surface area contributed by atoms with Crippen molar-refractivity contribution in [3.8, 4) is 11.5 Å². The van der Waals surface area contributed by atoms with Crippen LogP contribution in [0, 0.1) is 12.7 Å². The fourth-order valence-corrected chi connectivity index (χ4v) is 1.99. The van der Waals surface area contributed by atoms with E-state index >= 15 is 0 Å². The minimum Gasteiger partial charge on any atom is -0.457 e. The van der Waals surface area contributed by atoms with Gasteiger partial charge >= 0.3 is 0 Å². The Bertz CT molecular complexity index is 638. The van der Waals surface area contributed by atoms with E-state index in [9.17, 15) is 9.18 Å². The number of halogens is 2. The molecule has 2 aromatic carbocycles. The molecule has 0 heterocycles. The molecule has 0 saturated heterocycles. The van der Waals surface area contributed by atoms with Crippen molar-refractivity contribution in [1.29, 1.82) is 0 Å². The van der Waals surface area contributed by atoms with Crippen LogP contribution in [0.3, 0.4) is 0 Å². The summed E-state index contributed by atoms with van der Waals surface area (Å²) in [5.41, 5.74) is 1.00. The molecule has 0 fully saturated rings. The number of Topliss-reactive ketones (excluding diaryl/α,β-unsaturated/α-hetero) is 1. The Morgan fingerprint density at radius 1 is 1.21 bits per heavy atom. The largest absolute Gasteiger partial charge is 0.457 e. The summed E-state index contributed by atoms with van der Waals surface area (Å²) in [7, 11) is 0. The minimum atomic E-state index is -0.334. The third-order valence-electron chi connectivity index (χ3n) is 2.69. The molecule has 0 aliphatic carbocycles. The van der Waals surface area contributed by atoms with Crippen molar-refractivity contribution in [2.75, 3.05) is 0 Å². The van der Waals surface area contributed by atoms with E-state index in [0.717, 1.165) is 4.47 Å². The third kappa shape index (κ3) is 3.20. The van der Waals surface area contributed by atoms with Crippen LogP contribution in [0.4, 0.5) is 4.39 Å². The number of hydrogen-bond donors (Lipinski definition) is 0. The summed E-state index contributed by atoms with van der Waals surface area (Å²) in [5, 5.41) is 0. The molecule has 2 nitrogen and oxygen atoms in total. The molecular formula is C15H12BrFO2. The highest BCUT2D eigenvalue weighted by Gasteiger charge is 2.11. The summed E-state index contributed by atoms with van der Waals surface area (Å²) in [6.45, 7) is 3.14. The summed E-state index contributed by atoms with van der Waals surface area (Å²) >= 11 is 3.30. The number of carbonyl (C=O) groups excluding carboxylic acids is 1. The number of ketones is 1. The molecule has 0 radical (unpaired) electrons. The van der Waals surface area contributed by atoms with E-state index in [0.29, 0.717) is 22.6 Å². The fourth-order valence-electron chi connectivity index (χ4n) is 1.63. The van der Waals surface area contributed by atoms with Crippen LogP contribution in [0.5, 0.6) is 11.5 Å². The minimum absolute atomic E-state index is 0.108. The first-order valence-electron chi connectivity index (χ1n) is 5.72. The van der Waals surface area contributed by atoms with Crippen LogP contribution in [-0.2, 0) is 0 Å². The van der Waals surface area contributed by atoms with Crippen molar-refractivity contribution in [2.45, 2.75) is 13.8 Å². The zero-order valence-electron chi connectivity index (χ0n) is 10.5. The molecule has 0 aliphatic rings. The highest BCUT2D eigenvalue weighted by molar-refractivity contribution is 9.10. The summed E-state index contributed by atoms with van der Waals surface area (Å²) in [6.07, 6.45) is 0. The Kier molecular flexibility index (Phi) is 4.00. The summed E-state index contributed by atoms with van der Waals surface area (Å²) < 4.78 is 19.8. The van der Waals surface area contributed by atoms with Crippen molar-refractivity contribution in [3.63, 3.8) is 0 Å². The zero-order chi connectivity index (χ0) is 14.0. The molecule has 4 heteroatoms. The number of hydrogen-bond acceptors (Lipinski definition) is 2. The molecule has 0 aromatic heterocycles. The van der Waals surface area contributed by atoms with Crippen LogP contribution < -0.4 is 4.74 Å². The Morgan fingerprint density at radius 2 is 1.95 bits per heavy atom. The second-order valence-electron chi connectivity index (χ2n) is 4.21. The lowest BCUT2D eigenvalue weighted by Gasteiger charge is -2.10. The molecule has 0 saturated carbocycles. The zero-order valence-corrected chi connectivity index (χ0v) is 12.1. The first-order chi connectivity index (χ1) is 8.97. The number of benzene rings is 2. The molecule has 0 atom stereocenters. The van der Waals surface area contributed by atoms with E-state index in [1.165, 1.54) is 13.0 Å². The quantitative estimate of drug-likeness (QED) is 0.752. The van der Waals surface area contributed by atoms with E-state index in [1.807, 2.05) is 0 Å². The van der Waals surface area contributed by atoms with Crippen LogP contribution >= 0.6 is 15.9 Å². The maximum absolute atomic E-state index is 13.5. The monoisotopic (exact) mass is 322 g/mol. The van der Waals surface area contributed by atoms with Gasteiger partial charge in [0.15, 0.2) is 5.78 Å². The SMILES string of the molecule is CC(=O)c1cc(Br)ccc1Oc1ccc(C)c(F)c1. The van der Waals surface area contributed by atoms with Crippen LogP contribution in [0.15, 0.2) is 40.9 Å². The lowest BCUT2D eigenvalue weighted by atomic mass is 10.1. The van der Waals surface area contributed by atoms with Crippen molar-refractivity contribution in [2.24, 2.45) is 0 Å². The van der Waals surface area contributed by atoms with E-state index < -0.39 is 0 Å². The Balaban J connectivity index is 2.37. The van der Waals surface area contributed by atoms with Gasteiger partial charge < -0.3 is 4.74 Å². The first-order valence-corrected chi connectivity index (χ1v) is 6.51. The van der Waals surface area contributed by atoms with E-state index in [2.05, 4.69) is 15.9 Å². The third-order valence-corrected chi connectivity index (χ3v) is 3.19. The molecule has 2 aromatic rings. The van der Waals surface area contributed by atoms with Gasteiger partial charge in [-0.3, -0.25) is 4.79 Å². The second-order valence-corrected chi connectivity index (χ2v) is 5.13. The molecule has 98 valence electrons. The van der Waals surface area contributed by atoms with Gasteiger partial charge in [-0.05, 0) is 43.7 Å². The fraction of sp³-hybridized carbons (Fsp3) is 0.133. The maximum atomic E-state index is 13.5. The van der Waals surface area contributed by atoms with Gasteiger partial charge in [0.2, 0.25) is 0 Å². The van der Waals surface area contributed by atoms with Gasteiger partial charge in [-0.1, -0.05) is 22.0 Å². The highest BCUT2D eigenvalue weighted by atomic mass is 79.9. The smallest absolute Gasteiger partial charge is 0.163 e. The standard InChI is InChI=1S/C15H12BrFO2/c1-9-3-5-12(8-14(9)17)19-15-6-4-11(16)7-13(15)10(2)18/h3-8H,1-2H3. The molecular weight excluding hydrogens is 311 g/mol. The van der Waals surface area contributed by atoms with Crippen LogP contribution in [0.2, 0.25) is 0 Å². The van der Waals surface area contributed by atoms with Crippen LogP contribution in [0.25, 0.3) is 0 Å². The lowest BCUT2D eigenvalue weighted by molar-refractivity contribution is 0.101. The van der Waals surface area contributed by atoms with Gasteiger partial charge in [0.25, 0.3) is 0 Å². The van der Waals surface area contributed by atoms with Gasteiger partial charge in [-0.2, -0.15) is 0 Å². The molecule has 0 aliphatic heterocycles. The number of rotatable bonds is 3. The normalized spacial score (nSPS) is 10.3. The van der Waals surface area contributed by atoms with Gasteiger partial charge in [0, 0.05) is 10.5 Å². The summed E-state index contributed by atoms with van der Waals surface area (Å²) in [5.74, 6) is 0.342. The highest BCUT2D eigenvalue weighted by Crippen LogP contribution is 2.29. The van der Waals surface area contributed by atoms with Crippen LogP contribution in [0.1, 0.15) is 22.8 Å². The van der Waals surface area contributed by atoms with Gasteiger partial charge in [0.1, 0.15) is 17.3 Å². The van der Waals surface area contributed by atoms with Crippen molar-refractivity contribution in [3.05, 3.63) is 57.8 Å². The number of carbonyl (C=O) groups is 1. The average Bonchev–Trinajstić information content (AvgIpc) is 2.36. The molecule has 0 unspecified atom stereocenters. The predicted octanol–water partition coefficient (Wildman–Crippen LogP) is 4.89. The van der Waals surface area contributed by atoms with Crippen LogP contribution in [-0.4, -0.2) is 5.78 Å². The average molecular weight is 323 g/mol.